The molecule has 0 atom stereocenters. The quantitative estimate of drug-likeness (QED) is 0.423. The van der Waals surface area contributed by atoms with Crippen molar-refractivity contribution in [3.8, 4) is 0 Å². The summed E-state index contributed by atoms with van der Waals surface area (Å²) in [5.41, 5.74) is 0.223. The predicted octanol–water partition coefficient (Wildman–Crippen LogP) is 2.16. The molecule has 2 aromatic carbocycles. The highest BCUT2D eigenvalue weighted by molar-refractivity contribution is 6.30. The first kappa shape index (κ1) is 19.9. The zero-order chi connectivity index (χ0) is 19.8. The number of anilines is 1. The minimum Gasteiger partial charge on any atom is -0.454 e. The van der Waals surface area contributed by atoms with Gasteiger partial charge in [-0.25, -0.2) is 0 Å². The Balaban J connectivity index is 1.77. The molecule has 0 aliphatic heterocycles. The van der Waals surface area contributed by atoms with Crippen LogP contribution in [0.4, 0.5) is 11.4 Å². The summed E-state index contributed by atoms with van der Waals surface area (Å²) in [7, 11) is 0. The molecule has 2 rings (SSSR count). The first-order valence-electron chi connectivity index (χ1n) is 7.59. The van der Waals surface area contributed by atoms with Crippen molar-refractivity contribution in [1.82, 2.24) is 5.32 Å². The molecule has 0 bridgehead atoms. The van der Waals surface area contributed by atoms with E-state index < -0.39 is 35.9 Å². The molecule has 0 fully saturated rings. The van der Waals surface area contributed by atoms with Crippen LogP contribution in [-0.4, -0.2) is 35.9 Å². The summed E-state index contributed by atoms with van der Waals surface area (Å²) < 4.78 is 4.75. The average Bonchev–Trinajstić information content (AvgIpc) is 2.64. The van der Waals surface area contributed by atoms with Crippen LogP contribution in [0.5, 0.6) is 0 Å². The van der Waals surface area contributed by atoms with Crippen molar-refractivity contribution in [2.24, 2.45) is 0 Å². The lowest BCUT2D eigenvalue weighted by Gasteiger charge is -2.08. The number of nitrogens with one attached hydrogen (secondary N) is 2. The summed E-state index contributed by atoms with van der Waals surface area (Å²) in [6, 6.07) is 11.5. The Hall–Kier alpha value is -3.46. The van der Waals surface area contributed by atoms with E-state index in [9.17, 15) is 24.5 Å². The number of halogens is 1. The van der Waals surface area contributed by atoms with Gasteiger partial charge in [-0.1, -0.05) is 23.7 Å². The van der Waals surface area contributed by atoms with Gasteiger partial charge in [0, 0.05) is 28.4 Å². The molecule has 0 aliphatic carbocycles. The van der Waals surface area contributed by atoms with Crippen LogP contribution in [0, 0.1) is 10.1 Å². The third-order valence-electron chi connectivity index (χ3n) is 3.19. The molecule has 0 saturated heterocycles. The number of amides is 2. The Labute approximate surface area is 158 Å². The van der Waals surface area contributed by atoms with Crippen molar-refractivity contribution in [2.45, 2.75) is 0 Å². The van der Waals surface area contributed by atoms with Crippen molar-refractivity contribution in [3.05, 3.63) is 69.2 Å². The van der Waals surface area contributed by atoms with E-state index in [0.717, 1.165) is 6.07 Å². The number of non-ortho nitro benzene ring substituents is 1. The molecule has 27 heavy (non-hydrogen) atoms. The normalized spacial score (nSPS) is 9.96. The lowest BCUT2D eigenvalue weighted by molar-refractivity contribution is -0.384. The van der Waals surface area contributed by atoms with E-state index in [2.05, 4.69) is 10.6 Å². The number of rotatable bonds is 7. The second kappa shape index (κ2) is 9.30. The summed E-state index contributed by atoms with van der Waals surface area (Å²) in [5.74, 6) is -2.09. The second-order valence-corrected chi connectivity index (χ2v) is 5.65. The number of carbonyl (C=O) groups excluding carboxylic acids is 3. The summed E-state index contributed by atoms with van der Waals surface area (Å²) in [4.78, 5) is 45.3. The summed E-state index contributed by atoms with van der Waals surface area (Å²) in [6.07, 6.45) is 0. The Morgan fingerprint density at radius 1 is 1.11 bits per heavy atom. The van der Waals surface area contributed by atoms with Crippen LogP contribution in [0.25, 0.3) is 0 Å². The van der Waals surface area contributed by atoms with Gasteiger partial charge in [0.05, 0.1) is 4.92 Å². The van der Waals surface area contributed by atoms with Crippen LogP contribution in [0.3, 0.4) is 0 Å². The first-order valence-corrected chi connectivity index (χ1v) is 7.96. The van der Waals surface area contributed by atoms with E-state index in [1.807, 2.05) is 0 Å². The molecule has 2 aromatic rings. The number of carbonyl (C=O) groups is 3. The molecule has 2 N–H and O–H groups in total. The minimum atomic E-state index is -0.838. The summed E-state index contributed by atoms with van der Waals surface area (Å²) in [5, 5.41) is 15.9. The molecule has 10 heteroatoms. The molecule has 0 radical (unpaired) electrons. The van der Waals surface area contributed by atoms with Gasteiger partial charge in [0.1, 0.15) is 6.54 Å². The number of esters is 1. The van der Waals surface area contributed by atoms with E-state index >= 15 is 0 Å². The van der Waals surface area contributed by atoms with Gasteiger partial charge in [-0.2, -0.15) is 0 Å². The highest BCUT2D eigenvalue weighted by Gasteiger charge is 2.14. The van der Waals surface area contributed by atoms with Gasteiger partial charge in [0.25, 0.3) is 17.5 Å². The van der Waals surface area contributed by atoms with Gasteiger partial charge in [-0.3, -0.25) is 24.5 Å². The van der Waals surface area contributed by atoms with Gasteiger partial charge in [-0.05, 0) is 24.3 Å². The molecule has 2 amide bonds. The fourth-order valence-electron chi connectivity index (χ4n) is 1.98. The van der Waals surface area contributed by atoms with Crippen molar-refractivity contribution in [1.29, 1.82) is 0 Å². The van der Waals surface area contributed by atoms with E-state index in [0.29, 0.717) is 10.7 Å². The minimum absolute atomic E-state index is 0.0238. The average molecular weight is 392 g/mol. The van der Waals surface area contributed by atoms with Crippen LogP contribution < -0.4 is 10.6 Å². The SMILES string of the molecule is O=C(COC(=O)CNC(=O)c1cccc([N+](=O)[O-])c1)Nc1cccc(Cl)c1. The zero-order valence-electron chi connectivity index (χ0n) is 13.8. The lowest BCUT2D eigenvalue weighted by atomic mass is 10.2. The monoisotopic (exact) mass is 391 g/mol. The molecule has 140 valence electrons. The van der Waals surface area contributed by atoms with Gasteiger partial charge in [0.2, 0.25) is 0 Å². The van der Waals surface area contributed by atoms with Gasteiger partial charge in [0.15, 0.2) is 6.61 Å². The second-order valence-electron chi connectivity index (χ2n) is 5.21. The van der Waals surface area contributed by atoms with Crippen LogP contribution >= 0.6 is 11.6 Å². The fraction of sp³-hybridized carbons (Fsp3) is 0.118. The number of hydrogen-bond acceptors (Lipinski definition) is 6. The number of nitro groups is 1. The highest BCUT2D eigenvalue weighted by Crippen LogP contribution is 2.15. The molecule has 0 aromatic heterocycles. The Morgan fingerprint density at radius 3 is 2.56 bits per heavy atom. The maximum Gasteiger partial charge on any atom is 0.325 e. The predicted molar refractivity (Wildman–Crippen MR) is 96.5 cm³/mol. The lowest BCUT2D eigenvalue weighted by Crippen LogP contribution is -2.32. The van der Waals surface area contributed by atoms with E-state index in [1.54, 1.807) is 18.2 Å². The highest BCUT2D eigenvalue weighted by atomic mass is 35.5. The van der Waals surface area contributed by atoms with Crippen molar-refractivity contribution in [3.63, 3.8) is 0 Å². The maximum atomic E-state index is 11.9. The van der Waals surface area contributed by atoms with Crippen LogP contribution in [0.1, 0.15) is 10.4 Å². The molecule has 0 unspecified atom stereocenters. The molecule has 0 aliphatic rings. The smallest absolute Gasteiger partial charge is 0.325 e. The fourth-order valence-corrected chi connectivity index (χ4v) is 2.17. The Morgan fingerprint density at radius 2 is 1.85 bits per heavy atom. The van der Waals surface area contributed by atoms with Gasteiger partial charge in [-0.15, -0.1) is 0 Å². The molecule has 0 saturated carbocycles. The zero-order valence-corrected chi connectivity index (χ0v) is 14.6. The van der Waals surface area contributed by atoms with Gasteiger partial charge < -0.3 is 15.4 Å². The van der Waals surface area contributed by atoms with Gasteiger partial charge >= 0.3 is 5.97 Å². The number of nitrogens with zero attached hydrogens (tertiary/aromatic N) is 1. The Bertz CT molecular complexity index is 886. The van der Waals surface area contributed by atoms with E-state index in [1.165, 1.54) is 24.3 Å². The Kier molecular flexibility index (Phi) is 6.84. The first-order chi connectivity index (χ1) is 12.8. The van der Waals surface area contributed by atoms with Crippen LogP contribution in [0.15, 0.2) is 48.5 Å². The molecule has 0 spiro atoms. The number of nitro benzene ring substituents is 1. The summed E-state index contributed by atoms with van der Waals surface area (Å²) >= 11 is 5.79. The maximum absolute atomic E-state index is 11.9. The third-order valence-corrected chi connectivity index (χ3v) is 3.42. The molecule has 0 heterocycles. The molecular weight excluding hydrogens is 378 g/mol. The van der Waals surface area contributed by atoms with Crippen molar-refractivity contribution >= 4 is 40.8 Å². The van der Waals surface area contributed by atoms with E-state index in [-0.39, 0.29) is 11.3 Å². The molecule has 9 nitrogen and oxygen atoms in total. The number of benzene rings is 2. The van der Waals surface area contributed by atoms with Crippen molar-refractivity contribution < 1.29 is 24.0 Å². The van der Waals surface area contributed by atoms with E-state index in [4.69, 9.17) is 16.3 Å². The summed E-state index contributed by atoms with van der Waals surface area (Å²) in [6.45, 7) is -1.04. The number of hydrogen-bond donors (Lipinski definition) is 2. The number of ether oxygens (including phenoxy) is 1. The van der Waals surface area contributed by atoms with Crippen LogP contribution in [0.2, 0.25) is 5.02 Å². The third kappa shape index (κ3) is 6.40. The van der Waals surface area contributed by atoms with Crippen molar-refractivity contribution in [2.75, 3.05) is 18.5 Å². The molecular formula is C17H14ClN3O6. The largest absolute Gasteiger partial charge is 0.454 e. The van der Waals surface area contributed by atoms with Crippen LogP contribution in [-0.2, 0) is 14.3 Å². The topological polar surface area (TPSA) is 128 Å². The standard InChI is InChI=1S/C17H14ClN3O6/c18-12-4-2-5-13(8-12)20-15(22)10-27-16(23)9-19-17(24)11-3-1-6-14(7-11)21(25)26/h1-8H,9-10H2,(H,19,24)(H,20,22).